The summed E-state index contributed by atoms with van der Waals surface area (Å²) in [5.41, 5.74) is -1.88. The van der Waals surface area contributed by atoms with Crippen LogP contribution in [0.25, 0.3) is 16.7 Å². The lowest BCUT2D eigenvalue weighted by Gasteiger charge is -2.17. The highest BCUT2D eigenvalue weighted by atomic mass is 79.9. The maximum Gasteiger partial charge on any atom is 0.137 e. The van der Waals surface area contributed by atoms with Gasteiger partial charge in [-0.05, 0) is 65.5 Å². The quantitative estimate of drug-likeness (QED) is 0.750. The van der Waals surface area contributed by atoms with Crippen LogP contribution < -0.4 is 0 Å². The third-order valence-corrected chi connectivity index (χ3v) is 3.75. The van der Waals surface area contributed by atoms with E-state index < -0.39 is 25.1 Å². The van der Waals surface area contributed by atoms with Gasteiger partial charge >= 0.3 is 0 Å². The average molecular weight is 355 g/mol. The smallest absolute Gasteiger partial charge is 0.137 e. The van der Waals surface area contributed by atoms with Gasteiger partial charge in [-0.25, -0.2) is 9.37 Å². The molecule has 108 valence electrons. The van der Waals surface area contributed by atoms with Gasteiger partial charge < -0.3 is 5.11 Å². The van der Waals surface area contributed by atoms with Gasteiger partial charge in [-0.1, -0.05) is 6.07 Å². The first-order valence-corrected chi connectivity index (χ1v) is 6.81. The molecule has 0 unspecified atom stereocenters. The average Bonchev–Trinajstić information content (AvgIpc) is 2.97. The maximum atomic E-state index is 13.5. The molecule has 1 aromatic heterocycles. The third-order valence-electron chi connectivity index (χ3n) is 3.15. The molecule has 0 bridgehead atoms. The molecule has 0 aliphatic rings. The monoisotopic (exact) mass is 354 g/mol. The second-order valence-corrected chi connectivity index (χ2v) is 5.48. The summed E-state index contributed by atoms with van der Waals surface area (Å²) in [5, 5.41) is 10.6. The van der Waals surface area contributed by atoms with Crippen LogP contribution in [-0.4, -0.2) is 14.7 Å². The third kappa shape index (κ3) is 2.59. The molecule has 0 atom stereocenters. The van der Waals surface area contributed by atoms with Crippen LogP contribution in [0.1, 0.15) is 27.5 Å². The highest BCUT2D eigenvalue weighted by Gasteiger charge is 2.17. The molecule has 5 heteroatoms. The molecule has 21 heavy (non-hydrogen) atoms. The Hall–Kier alpha value is -1.72. The lowest BCUT2D eigenvalue weighted by molar-refractivity contribution is 0.0787. The molecule has 0 spiro atoms. The first kappa shape index (κ1) is 8.66. The van der Waals surface area contributed by atoms with Gasteiger partial charge in [-0.3, -0.25) is 4.57 Å². The summed E-state index contributed by atoms with van der Waals surface area (Å²) in [6.07, 6.45) is 1.44. The van der Waals surface area contributed by atoms with E-state index in [1.54, 1.807) is 10.6 Å². The van der Waals surface area contributed by atoms with Crippen molar-refractivity contribution < 1.29 is 17.7 Å². The van der Waals surface area contributed by atoms with Gasteiger partial charge in [-0.15, -0.1) is 0 Å². The fourth-order valence-corrected chi connectivity index (χ4v) is 2.45. The normalized spacial score (nSPS) is 17.5. The van der Waals surface area contributed by atoms with E-state index in [0.29, 0.717) is 16.7 Å². The standard InChI is InChI=1S/C16H14BrFN2O/c1-16(2,21)10-3-6-15-14(7-10)19-9-20(15)11-4-5-13(18)12(17)8-11/h3-9,21H,1-2H3/i1D3,2D3. The van der Waals surface area contributed by atoms with E-state index in [2.05, 4.69) is 20.9 Å². The summed E-state index contributed by atoms with van der Waals surface area (Å²) in [6, 6.07) is 8.32. The van der Waals surface area contributed by atoms with Gasteiger partial charge in [0, 0.05) is 13.9 Å². The van der Waals surface area contributed by atoms with Crippen LogP contribution in [0, 0.1) is 5.82 Å². The SMILES string of the molecule is [2H]C([2H])([2H])C(O)(c1ccc2c(c1)ncn2-c1ccc(F)c(Br)c1)C([2H])([2H])[2H]. The van der Waals surface area contributed by atoms with Crippen LogP contribution in [0.3, 0.4) is 0 Å². The molecule has 1 N–H and O–H groups in total. The van der Waals surface area contributed by atoms with Crippen LogP contribution in [0.4, 0.5) is 4.39 Å². The number of imidazole rings is 1. The number of nitrogens with zero attached hydrogens (tertiary/aromatic N) is 2. The molecule has 3 nitrogen and oxygen atoms in total. The van der Waals surface area contributed by atoms with Crippen molar-refractivity contribution in [3.63, 3.8) is 0 Å². The summed E-state index contributed by atoms with van der Waals surface area (Å²) < 4.78 is 60.5. The number of fused-ring (bicyclic) bond motifs is 1. The minimum atomic E-state index is -3.17. The van der Waals surface area contributed by atoms with Gasteiger partial charge in [0.05, 0.1) is 21.1 Å². The summed E-state index contributed by atoms with van der Waals surface area (Å²) in [5.74, 6) is -0.425. The Balaban J connectivity index is 2.16. The van der Waals surface area contributed by atoms with E-state index in [9.17, 15) is 9.50 Å². The fraction of sp³-hybridized carbons (Fsp3) is 0.188. The van der Waals surface area contributed by atoms with Crippen molar-refractivity contribution in [1.82, 2.24) is 9.55 Å². The summed E-state index contributed by atoms with van der Waals surface area (Å²) >= 11 is 3.11. The number of halogens is 2. The number of aromatic nitrogens is 2. The molecule has 3 aromatic rings. The van der Waals surface area contributed by atoms with Crippen LogP contribution in [0.5, 0.6) is 0 Å². The van der Waals surface area contributed by atoms with Crippen LogP contribution in [-0.2, 0) is 5.60 Å². The summed E-state index contributed by atoms with van der Waals surface area (Å²) in [7, 11) is 0. The maximum absolute atomic E-state index is 13.5. The zero-order chi connectivity index (χ0) is 20.2. The molecule has 0 aliphatic heterocycles. The minimum Gasteiger partial charge on any atom is -0.386 e. The Morgan fingerprint density at radius 1 is 1.29 bits per heavy atom. The first-order chi connectivity index (χ1) is 12.4. The lowest BCUT2D eigenvalue weighted by Crippen LogP contribution is -2.15. The largest absolute Gasteiger partial charge is 0.386 e. The topological polar surface area (TPSA) is 38.1 Å². The van der Waals surface area contributed by atoms with E-state index in [0.717, 1.165) is 0 Å². The molecular weight excluding hydrogens is 335 g/mol. The molecule has 0 saturated heterocycles. The number of aliphatic hydroxyl groups is 1. The van der Waals surface area contributed by atoms with Crippen LogP contribution in [0.2, 0.25) is 0 Å². The molecule has 0 aliphatic carbocycles. The Bertz CT molecular complexity index is 1000. The second kappa shape index (κ2) is 4.93. The molecule has 0 radical (unpaired) electrons. The number of rotatable bonds is 2. The van der Waals surface area contributed by atoms with Crippen molar-refractivity contribution in [2.45, 2.75) is 19.3 Å². The van der Waals surface area contributed by atoms with Crippen molar-refractivity contribution in [2.75, 3.05) is 0 Å². The van der Waals surface area contributed by atoms with Gasteiger partial charge in [-0.2, -0.15) is 0 Å². The Morgan fingerprint density at radius 2 is 2.10 bits per heavy atom. The molecular formula is C16H14BrFN2O. The van der Waals surface area contributed by atoms with E-state index >= 15 is 0 Å². The zero-order valence-electron chi connectivity index (χ0n) is 16.6. The van der Waals surface area contributed by atoms with E-state index in [4.69, 9.17) is 8.22 Å². The number of hydrogen-bond acceptors (Lipinski definition) is 2. The predicted molar refractivity (Wildman–Crippen MR) is 84.0 cm³/mol. The molecule has 0 amide bonds. The molecule has 2 aromatic carbocycles. The lowest BCUT2D eigenvalue weighted by atomic mass is 9.98. The van der Waals surface area contributed by atoms with E-state index in [1.807, 2.05) is 0 Å². The Morgan fingerprint density at radius 3 is 2.81 bits per heavy atom. The Labute approximate surface area is 138 Å². The molecule has 1 heterocycles. The minimum absolute atomic E-state index is 0.262. The second-order valence-electron chi connectivity index (χ2n) is 4.63. The highest BCUT2D eigenvalue weighted by molar-refractivity contribution is 9.10. The summed E-state index contributed by atoms with van der Waals surface area (Å²) in [6.45, 7) is -6.34. The van der Waals surface area contributed by atoms with Gasteiger partial charge in [0.25, 0.3) is 0 Å². The van der Waals surface area contributed by atoms with E-state index in [1.165, 1.54) is 36.7 Å². The fourth-order valence-electron chi connectivity index (χ4n) is 2.08. The molecule has 3 rings (SSSR count). The van der Waals surface area contributed by atoms with Gasteiger partial charge in [0.15, 0.2) is 0 Å². The van der Waals surface area contributed by atoms with Crippen LogP contribution in [0.15, 0.2) is 47.2 Å². The number of benzene rings is 2. The predicted octanol–water partition coefficient (Wildman–Crippen LogP) is 4.15. The van der Waals surface area contributed by atoms with Gasteiger partial charge in [0.2, 0.25) is 0 Å². The van der Waals surface area contributed by atoms with Crippen molar-refractivity contribution >= 4 is 27.0 Å². The van der Waals surface area contributed by atoms with Crippen molar-refractivity contribution in [3.05, 3.63) is 58.6 Å². The first-order valence-electron chi connectivity index (χ1n) is 9.01. The van der Waals surface area contributed by atoms with E-state index in [-0.39, 0.29) is 10.0 Å². The molecule has 0 saturated carbocycles. The molecule has 0 fully saturated rings. The number of hydrogen-bond donors (Lipinski definition) is 1. The highest BCUT2D eigenvalue weighted by Crippen LogP contribution is 2.26. The van der Waals surface area contributed by atoms with Crippen LogP contribution >= 0.6 is 15.9 Å². The summed E-state index contributed by atoms with van der Waals surface area (Å²) in [4.78, 5) is 4.16. The van der Waals surface area contributed by atoms with Crippen molar-refractivity contribution in [3.8, 4) is 5.69 Å². The van der Waals surface area contributed by atoms with Crippen molar-refractivity contribution in [2.24, 2.45) is 0 Å². The van der Waals surface area contributed by atoms with Gasteiger partial charge in [0.1, 0.15) is 12.1 Å². The van der Waals surface area contributed by atoms with Crippen molar-refractivity contribution in [1.29, 1.82) is 0 Å². The zero-order valence-corrected chi connectivity index (χ0v) is 12.2. The Kier molecular flexibility index (Phi) is 2.03.